The van der Waals surface area contributed by atoms with Crippen LogP contribution >= 0.6 is 0 Å². The molecule has 2 fully saturated rings. The Morgan fingerprint density at radius 2 is 2.03 bits per heavy atom. The van der Waals surface area contributed by atoms with Crippen molar-refractivity contribution in [2.75, 3.05) is 38.2 Å². The van der Waals surface area contributed by atoms with Crippen molar-refractivity contribution in [2.24, 2.45) is 5.41 Å². The van der Waals surface area contributed by atoms with E-state index in [1.807, 2.05) is 49.1 Å². The van der Waals surface area contributed by atoms with Crippen molar-refractivity contribution in [2.45, 2.75) is 40.0 Å². The third-order valence-electron chi connectivity index (χ3n) is 6.12. The van der Waals surface area contributed by atoms with Gasteiger partial charge in [-0.2, -0.15) is 0 Å². The highest BCUT2D eigenvalue weighted by Gasteiger charge is 2.45. The summed E-state index contributed by atoms with van der Waals surface area (Å²) in [6.07, 6.45) is 3.60. The van der Waals surface area contributed by atoms with Gasteiger partial charge in [0.25, 0.3) is 0 Å². The number of nitrogens with zero attached hydrogens (tertiary/aromatic N) is 4. The van der Waals surface area contributed by atoms with Crippen LogP contribution < -0.4 is 10.1 Å². The zero-order chi connectivity index (χ0) is 24.8. The summed E-state index contributed by atoms with van der Waals surface area (Å²) in [6, 6.07) is 11.0. The molecule has 0 radical (unpaired) electrons. The van der Waals surface area contributed by atoms with Gasteiger partial charge in [0.2, 0.25) is 11.8 Å². The number of nitrogens with one attached hydrogen (secondary N) is 1. The van der Waals surface area contributed by atoms with Crippen molar-refractivity contribution in [1.29, 1.82) is 0 Å². The molecule has 0 aliphatic carbocycles. The highest BCUT2D eigenvalue weighted by molar-refractivity contribution is 5.78. The molecule has 1 spiro atoms. The van der Waals surface area contributed by atoms with E-state index < -0.39 is 0 Å². The third-order valence-corrected chi connectivity index (χ3v) is 6.12. The maximum absolute atomic E-state index is 12.5. The standard InChI is InChI=1S/C24H27N5O4.C2H6/c1-17(30)11-18-3-2-4-19(12-18)33-22-6-5-21-26-20(13-29(21)27-22)25-9-7-23(31)28-10-8-24(14-28)15-32-16-24;1-2/h2-6,12-13,25H,7-11,14-16H2,1H3;1-2H3. The Labute approximate surface area is 205 Å². The number of amides is 1. The molecule has 4 heterocycles. The van der Waals surface area contributed by atoms with E-state index in [9.17, 15) is 9.59 Å². The van der Waals surface area contributed by atoms with Gasteiger partial charge in [0.05, 0.1) is 19.4 Å². The SMILES string of the molecule is CC.CC(=O)Cc1cccc(Oc2ccc3nc(NCCC(=O)N4CCC5(COC5)C4)cn3n2)c1. The number of fused-ring (bicyclic) bond motifs is 1. The first-order valence-electron chi connectivity index (χ1n) is 12.2. The first-order valence-corrected chi connectivity index (χ1v) is 12.2. The topological polar surface area (TPSA) is 98.1 Å². The quantitative estimate of drug-likeness (QED) is 0.526. The van der Waals surface area contributed by atoms with Gasteiger partial charge in [0, 0.05) is 44.0 Å². The normalized spacial score (nSPS) is 15.9. The van der Waals surface area contributed by atoms with Crippen LogP contribution in [0.4, 0.5) is 5.82 Å². The molecule has 9 nitrogen and oxygen atoms in total. The number of anilines is 1. The van der Waals surface area contributed by atoms with Crippen LogP contribution in [-0.2, 0) is 20.7 Å². The van der Waals surface area contributed by atoms with Crippen LogP contribution in [0.1, 0.15) is 39.2 Å². The Morgan fingerprint density at radius 1 is 1.20 bits per heavy atom. The van der Waals surface area contributed by atoms with Crippen molar-refractivity contribution in [1.82, 2.24) is 19.5 Å². The van der Waals surface area contributed by atoms with E-state index in [1.165, 1.54) is 0 Å². The van der Waals surface area contributed by atoms with Crippen LogP contribution in [0.15, 0.2) is 42.6 Å². The fourth-order valence-corrected chi connectivity index (χ4v) is 4.36. The van der Waals surface area contributed by atoms with E-state index >= 15 is 0 Å². The van der Waals surface area contributed by atoms with Crippen molar-refractivity contribution in [3.05, 3.63) is 48.2 Å². The molecule has 0 unspecified atom stereocenters. The number of carbonyl (C=O) groups is 2. The Bertz CT molecular complexity index is 1190. The number of Topliss-reactive ketones (excluding diaryl/α,β-unsaturated/α-hetero) is 1. The van der Waals surface area contributed by atoms with E-state index in [4.69, 9.17) is 9.47 Å². The minimum Gasteiger partial charge on any atom is -0.438 e. The predicted octanol–water partition coefficient (Wildman–Crippen LogP) is 3.73. The largest absolute Gasteiger partial charge is 0.438 e. The smallest absolute Gasteiger partial charge is 0.237 e. The van der Waals surface area contributed by atoms with Crippen LogP contribution in [0.2, 0.25) is 0 Å². The highest BCUT2D eigenvalue weighted by Crippen LogP contribution is 2.37. The number of imidazole rings is 1. The number of hydrogen-bond donors (Lipinski definition) is 1. The Hall–Kier alpha value is -3.46. The maximum Gasteiger partial charge on any atom is 0.237 e. The Balaban J connectivity index is 0.00000141. The van der Waals surface area contributed by atoms with E-state index in [2.05, 4.69) is 15.4 Å². The highest BCUT2D eigenvalue weighted by atomic mass is 16.5. The Kier molecular flexibility index (Phi) is 7.65. The minimum atomic E-state index is 0.101. The van der Waals surface area contributed by atoms with Gasteiger partial charge in [-0.15, -0.1) is 5.10 Å². The number of ketones is 1. The number of hydrogen-bond acceptors (Lipinski definition) is 7. The molecule has 1 aromatic carbocycles. The molecule has 35 heavy (non-hydrogen) atoms. The third kappa shape index (κ3) is 5.97. The molecule has 2 saturated heterocycles. The average molecular weight is 480 g/mol. The van der Waals surface area contributed by atoms with Crippen LogP contribution in [0.5, 0.6) is 11.6 Å². The van der Waals surface area contributed by atoms with Crippen LogP contribution in [0.25, 0.3) is 5.65 Å². The van der Waals surface area contributed by atoms with Crippen LogP contribution in [-0.4, -0.2) is 64.0 Å². The second kappa shape index (κ2) is 10.9. The molecular weight excluding hydrogens is 446 g/mol. The lowest BCUT2D eigenvalue weighted by Gasteiger charge is -2.37. The van der Waals surface area contributed by atoms with Crippen LogP contribution in [0.3, 0.4) is 0 Å². The first-order chi connectivity index (χ1) is 17.0. The molecule has 1 N–H and O–H groups in total. The summed E-state index contributed by atoms with van der Waals surface area (Å²) < 4.78 is 12.8. The predicted molar refractivity (Wildman–Crippen MR) is 133 cm³/mol. The summed E-state index contributed by atoms with van der Waals surface area (Å²) >= 11 is 0. The van der Waals surface area contributed by atoms with Gasteiger partial charge < -0.3 is 19.7 Å². The van der Waals surface area contributed by atoms with Crippen molar-refractivity contribution >= 4 is 23.2 Å². The van der Waals surface area contributed by atoms with E-state index in [0.29, 0.717) is 42.5 Å². The van der Waals surface area contributed by atoms with Crippen molar-refractivity contribution in [3.63, 3.8) is 0 Å². The van der Waals surface area contributed by atoms with Crippen molar-refractivity contribution < 1.29 is 19.1 Å². The molecule has 2 aromatic heterocycles. The maximum atomic E-state index is 12.5. The number of aromatic nitrogens is 3. The first kappa shape index (κ1) is 24.7. The molecule has 0 bridgehead atoms. The monoisotopic (exact) mass is 479 g/mol. The summed E-state index contributed by atoms with van der Waals surface area (Å²) in [7, 11) is 0. The lowest BCUT2D eigenvalue weighted by molar-refractivity contribution is -0.134. The molecule has 2 aliphatic heterocycles. The fourth-order valence-electron chi connectivity index (χ4n) is 4.36. The number of benzene rings is 1. The molecule has 3 aromatic rings. The molecule has 0 saturated carbocycles. The van der Waals surface area contributed by atoms with Gasteiger partial charge in [0.1, 0.15) is 17.4 Å². The van der Waals surface area contributed by atoms with E-state index in [-0.39, 0.29) is 17.1 Å². The van der Waals surface area contributed by atoms with Crippen molar-refractivity contribution in [3.8, 4) is 11.6 Å². The molecule has 1 amide bonds. The summed E-state index contributed by atoms with van der Waals surface area (Å²) in [5, 5.41) is 7.67. The molecule has 0 atom stereocenters. The zero-order valence-electron chi connectivity index (χ0n) is 20.6. The summed E-state index contributed by atoms with van der Waals surface area (Å²) in [4.78, 5) is 30.3. The van der Waals surface area contributed by atoms with Gasteiger partial charge in [-0.3, -0.25) is 9.59 Å². The average Bonchev–Trinajstić information content (AvgIpc) is 3.45. The minimum absolute atomic E-state index is 0.101. The van der Waals surface area contributed by atoms with Gasteiger partial charge >= 0.3 is 0 Å². The summed E-state index contributed by atoms with van der Waals surface area (Å²) in [5.41, 5.74) is 1.79. The lowest BCUT2D eigenvalue weighted by atomic mass is 9.85. The molecular formula is C26H33N5O4. The zero-order valence-corrected chi connectivity index (χ0v) is 20.6. The lowest BCUT2D eigenvalue weighted by Crippen LogP contribution is -2.45. The van der Waals surface area contributed by atoms with E-state index in [1.54, 1.807) is 23.7 Å². The Morgan fingerprint density at radius 3 is 2.74 bits per heavy atom. The van der Waals surface area contributed by atoms with Gasteiger partial charge in [0.15, 0.2) is 5.65 Å². The van der Waals surface area contributed by atoms with E-state index in [0.717, 1.165) is 38.3 Å². The fraction of sp³-hybridized carbons (Fsp3) is 0.462. The molecule has 5 rings (SSSR count). The number of ether oxygens (including phenoxy) is 2. The second-order valence-electron chi connectivity index (χ2n) is 8.96. The molecule has 186 valence electrons. The van der Waals surface area contributed by atoms with Crippen LogP contribution in [0, 0.1) is 5.41 Å². The van der Waals surface area contributed by atoms with Gasteiger partial charge in [-0.05, 0) is 37.1 Å². The number of rotatable bonds is 8. The number of likely N-dealkylation sites (tertiary alicyclic amines) is 1. The number of carbonyl (C=O) groups excluding carboxylic acids is 2. The second-order valence-corrected chi connectivity index (χ2v) is 8.96. The molecule has 9 heteroatoms. The van der Waals surface area contributed by atoms with Gasteiger partial charge in [-0.1, -0.05) is 26.0 Å². The summed E-state index contributed by atoms with van der Waals surface area (Å²) in [6.45, 7) is 9.26. The summed E-state index contributed by atoms with van der Waals surface area (Å²) in [5.74, 6) is 1.96. The van der Waals surface area contributed by atoms with Gasteiger partial charge in [-0.25, -0.2) is 9.50 Å². The molecule has 2 aliphatic rings.